The molecule has 2 aliphatic rings. The summed E-state index contributed by atoms with van der Waals surface area (Å²) < 4.78 is 0. The Bertz CT molecular complexity index is 1060. The van der Waals surface area contributed by atoms with Gasteiger partial charge in [-0.15, -0.1) is 0 Å². The standard InChI is InChI=1S/C18H8N2O4/c19-7-8-2-1-3-11-13(8)17(24)18(15(11)22)14(21)10-5-4-9(20)6-12(10)16(18)23/h1-6H,20H2. The number of carbonyl (C=O) groups excluding carboxylic acids is 4. The lowest BCUT2D eigenvalue weighted by Gasteiger charge is -2.15. The molecule has 24 heavy (non-hydrogen) atoms. The van der Waals surface area contributed by atoms with Crippen molar-refractivity contribution in [2.45, 2.75) is 0 Å². The van der Waals surface area contributed by atoms with E-state index in [0.29, 0.717) is 0 Å². The van der Waals surface area contributed by atoms with Crippen molar-refractivity contribution < 1.29 is 19.2 Å². The Balaban J connectivity index is 2.04. The number of hydrogen-bond acceptors (Lipinski definition) is 6. The first-order valence-corrected chi connectivity index (χ1v) is 7.06. The van der Waals surface area contributed by atoms with Crippen LogP contribution in [0.15, 0.2) is 36.4 Å². The molecular formula is C18H8N2O4. The fourth-order valence-electron chi connectivity index (χ4n) is 3.44. The lowest BCUT2D eigenvalue weighted by Crippen LogP contribution is -2.44. The number of carbonyl (C=O) groups is 4. The molecule has 4 rings (SSSR count). The SMILES string of the molecule is N#Cc1cccc2c1C(=O)C1(C(=O)c3ccc(N)cc3C1=O)C2=O. The molecule has 1 unspecified atom stereocenters. The number of fused-ring (bicyclic) bond motifs is 2. The van der Waals surface area contributed by atoms with Gasteiger partial charge in [0.25, 0.3) is 0 Å². The zero-order valence-electron chi connectivity index (χ0n) is 12.1. The van der Waals surface area contributed by atoms with E-state index in [9.17, 15) is 24.4 Å². The van der Waals surface area contributed by atoms with Crippen molar-refractivity contribution >= 4 is 28.8 Å². The molecule has 6 heteroatoms. The summed E-state index contributed by atoms with van der Waals surface area (Å²) in [6.45, 7) is 0. The quantitative estimate of drug-likeness (QED) is 0.582. The van der Waals surface area contributed by atoms with Crippen LogP contribution in [-0.4, -0.2) is 23.1 Å². The van der Waals surface area contributed by atoms with E-state index in [4.69, 9.17) is 5.73 Å². The molecule has 0 heterocycles. The normalized spacial score (nSPS) is 21.1. The van der Waals surface area contributed by atoms with Crippen molar-refractivity contribution in [1.82, 2.24) is 0 Å². The van der Waals surface area contributed by atoms with Crippen LogP contribution >= 0.6 is 0 Å². The lowest BCUT2D eigenvalue weighted by molar-refractivity contribution is 0.0587. The van der Waals surface area contributed by atoms with Gasteiger partial charge in [0.1, 0.15) is 0 Å². The molecule has 0 saturated carbocycles. The molecule has 1 atom stereocenters. The Labute approximate surface area is 135 Å². The van der Waals surface area contributed by atoms with Crippen molar-refractivity contribution in [1.29, 1.82) is 5.26 Å². The van der Waals surface area contributed by atoms with Gasteiger partial charge < -0.3 is 5.73 Å². The third-order valence-electron chi connectivity index (χ3n) is 4.55. The summed E-state index contributed by atoms with van der Waals surface area (Å²) >= 11 is 0. The van der Waals surface area contributed by atoms with Gasteiger partial charge in [-0.25, -0.2) is 0 Å². The molecule has 2 N–H and O–H groups in total. The zero-order valence-corrected chi connectivity index (χ0v) is 12.1. The number of benzene rings is 2. The van der Waals surface area contributed by atoms with Gasteiger partial charge in [0, 0.05) is 27.9 Å². The second-order valence-corrected chi connectivity index (χ2v) is 5.71. The summed E-state index contributed by atoms with van der Waals surface area (Å²) in [7, 11) is 0. The molecule has 0 aromatic heterocycles. The van der Waals surface area contributed by atoms with E-state index in [1.807, 2.05) is 6.07 Å². The summed E-state index contributed by atoms with van der Waals surface area (Å²) in [6.07, 6.45) is 0. The number of nitrogens with two attached hydrogens (primary N) is 1. The lowest BCUT2D eigenvalue weighted by atomic mass is 9.77. The number of hydrogen-bond donors (Lipinski definition) is 1. The molecular weight excluding hydrogens is 308 g/mol. The van der Waals surface area contributed by atoms with Gasteiger partial charge in [-0.1, -0.05) is 12.1 Å². The molecule has 0 radical (unpaired) electrons. The number of ketones is 4. The maximum absolute atomic E-state index is 12.9. The second-order valence-electron chi connectivity index (χ2n) is 5.71. The predicted octanol–water partition coefficient (Wildman–Crippen LogP) is 1.59. The first kappa shape index (κ1) is 14.0. The number of nitriles is 1. The summed E-state index contributed by atoms with van der Waals surface area (Å²) in [6, 6.07) is 10.1. The minimum atomic E-state index is -2.44. The smallest absolute Gasteiger partial charge is 0.221 e. The number of rotatable bonds is 0. The van der Waals surface area contributed by atoms with Crippen LogP contribution < -0.4 is 5.73 Å². The second kappa shape index (κ2) is 4.24. The van der Waals surface area contributed by atoms with Crippen molar-refractivity contribution in [2.75, 3.05) is 5.73 Å². The van der Waals surface area contributed by atoms with Gasteiger partial charge in [-0.05, 0) is 24.3 Å². The van der Waals surface area contributed by atoms with Crippen LogP contribution in [-0.2, 0) is 0 Å². The highest BCUT2D eigenvalue weighted by Gasteiger charge is 2.67. The first-order valence-electron chi connectivity index (χ1n) is 7.06. The minimum Gasteiger partial charge on any atom is -0.399 e. The fraction of sp³-hybridized carbons (Fsp3) is 0.0556. The Morgan fingerprint density at radius 2 is 1.50 bits per heavy atom. The van der Waals surface area contributed by atoms with Crippen molar-refractivity contribution in [2.24, 2.45) is 5.41 Å². The summed E-state index contributed by atoms with van der Waals surface area (Å²) in [5, 5.41) is 9.18. The summed E-state index contributed by atoms with van der Waals surface area (Å²) in [5.41, 5.74) is 3.17. The van der Waals surface area contributed by atoms with Crippen molar-refractivity contribution in [3.63, 3.8) is 0 Å². The number of anilines is 1. The maximum atomic E-state index is 12.9. The van der Waals surface area contributed by atoms with E-state index in [0.717, 1.165) is 0 Å². The molecule has 1 spiro atoms. The highest BCUT2D eigenvalue weighted by Crippen LogP contribution is 2.47. The molecule has 114 valence electrons. The average molecular weight is 316 g/mol. The zero-order chi connectivity index (χ0) is 17.2. The van der Waals surface area contributed by atoms with E-state index in [-0.39, 0.29) is 33.5 Å². The van der Waals surface area contributed by atoms with Crippen LogP contribution in [0, 0.1) is 16.7 Å². The number of nitrogens with zero attached hydrogens (tertiary/aromatic N) is 1. The molecule has 0 amide bonds. The minimum absolute atomic E-state index is 0.00205. The highest BCUT2D eigenvalue weighted by atomic mass is 16.2. The van der Waals surface area contributed by atoms with Crippen LogP contribution in [0.2, 0.25) is 0 Å². The monoisotopic (exact) mass is 316 g/mol. The van der Waals surface area contributed by atoms with E-state index in [1.165, 1.54) is 36.4 Å². The highest BCUT2D eigenvalue weighted by molar-refractivity contribution is 6.57. The van der Waals surface area contributed by atoms with E-state index < -0.39 is 28.5 Å². The van der Waals surface area contributed by atoms with Gasteiger partial charge in [0.05, 0.1) is 11.6 Å². The molecule has 0 aliphatic heterocycles. The van der Waals surface area contributed by atoms with Crippen LogP contribution in [0.25, 0.3) is 0 Å². The van der Waals surface area contributed by atoms with Crippen molar-refractivity contribution in [3.8, 4) is 6.07 Å². The Morgan fingerprint density at radius 3 is 2.21 bits per heavy atom. The molecule has 0 bridgehead atoms. The van der Waals surface area contributed by atoms with E-state index in [2.05, 4.69) is 0 Å². The third kappa shape index (κ3) is 1.30. The molecule has 6 nitrogen and oxygen atoms in total. The fourth-order valence-corrected chi connectivity index (χ4v) is 3.44. The van der Waals surface area contributed by atoms with Gasteiger partial charge in [-0.3, -0.25) is 19.2 Å². The van der Waals surface area contributed by atoms with Crippen LogP contribution in [0.3, 0.4) is 0 Å². The average Bonchev–Trinajstić information content (AvgIpc) is 2.94. The third-order valence-corrected chi connectivity index (χ3v) is 4.55. The van der Waals surface area contributed by atoms with E-state index in [1.54, 1.807) is 0 Å². The summed E-state index contributed by atoms with van der Waals surface area (Å²) in [4.78, 5) is 51.5. The van der Waals surface area contributed by atoms with Crippen molar-refractivity contribution in [3.05, 3.63) is 64.2 Å². The van der Waals surface area contributed by atoms with Crippen LogP contribution in [0.1, 0.15) is 47.0 Å². The Hall–Kier alpha value is -3.59. The van der Waals surface area contributed by atoms with Crippen LogP contribution in [0.4, 0.5) is 5.69 Å². The number of Topliss-reactive ketones (excluding diaryl/α,β-unsaturated/α-hetero) is 4. The molecule has 2 aromatic carbocycles. The molecule has 2 aliphatic carbocycles. The maximum Gasteiger partial charge on any atom is 0.221 e. The number of nitrogen functional groups attached to an aromatic ring is 1. The predicted molar refractivity (Wildman–Crippen MR) is 81.8 cm³/mol. The topological polar surface area (TPSA) is 118 Å². The Morgan fingerprint density at radius 1 is 0.833 bits per heavy atom. The van der Waals surface area contributed by atoms with Gasteiger partial charge >= 0.3 is 0 Å². The van der Waals surface area contributed by atoms with E-state index >= 15 is 0 Å². The van der Waals surface area contributed by atoms with Gasteiger partial charge in [0.2, 0.25) is 5.41 Å². The van der Waals surface area contributed by atoms with Gasteiger partial charge in [-0.2, -0.15) is 5.26 Å². The molecule has 0 fully saturated rings. The van der Waals surface area contributed by atoms with Gasteiger partial charge in [0.15, 0.2) is 23.1 Å². The molecule has 0 saturated heterocycles. The summed E-state index contributed by atoms with van der Waals surface area (Å²) in [5.74, 6) is -3.52. The largest absolute Gasteiger partial charge is 0.399 e. The first-order chi connectivity index (χ1) is 11.4. The molecule has 2 aromatic rings. The van der Waals surface area contributed by atoms with Crippen LogP contribution in [0.5, 0.6) is 0 Å². The Kier molecular flexibility index (Phi) is 2.48.